The lowest BCUT2D eigenvalue weighted by Crippen LogP contribution is -2.37. The lowest BCUT2D eigenvalue weighted by Gasteiger charge is -2.29. The van der Waals surface area contributed by atoms with E-state index in [9.17, 15) is 14.9 Å². The second-order valence-electron chi connectivity index (χ2n) is 8.22. The first kappa shape index (κ1) is 24.7. The molecule has 0 aliphatic carbocycles. The van der Waals surface area contributed by atoms with Crippen molar-refractivity contribution in [3.8, 4) is 11.4 Å². The summed E-state index contributed by atoms with van der Waals surface area (Å²) in [6.07, 6.45) is 0.349. The average Bonchev–Trinajstić information content (AvgIpc) is 3.39. The van der Waals surface area contributed by atoms with Crippen LogP contribution in [0.4, 0.5) is 5.69 Å². The van der Waals surface area contributed by atoms with E-state index in [1.165, 1.54) is 12.1 Å². The molecule has 1 aromatic heterocycles. The molecule has 0 saturated heterocycles. The molecule has 1 amide bonds. The molecule has 0 aliphatic heterocycles. The van der Waals surface area contributed by atoms with Crippen LogP contribution in [0.25, 0.3) is 11.4 Å². The molecule has 36 heavy (non-hydrogen) atoms. The molecule has 0 N–H and O–H groups in total. The minimum absolute atomic E-state index is 0.0130. The van der Waals surface area contributed by atoms with Gasteiger partial charge in [0.2, 0.25) is 17.6 Å². The molecule has 0 bridgehead atoms. The molecule has 3 aromatic carbocycles. The van der Waals surface area contributed by atoms with Gasteiger partial charge in [-0.3, -0.25) is 14.9 Å². The number of hydrogen-bond donors (Lipinski definition) is 0. The quantitative estimate of drug-likeness (QED) is 0.217. The third-order valence-electron chi connectivity index (χ3n) is 5.78. The molecular formula is C27H26N4O5. The SMILES string of the molecule is CC(c1ccccc1)N(CCc1nc(-c2ccc([N+](=O)[O-])cc2)no1)C(=O)COCc1ccccc1. The smallest absolute Gasteiger partial charge is 0.269 e. The molecule has 1 unspecified atom stereocenters. The first-order valence-electron chi connectivity index (χ1n) is 11.5. The predicted molar refractivity (Wildman–Crippen MR) is 133 cm³/mol. The number of carbonyl (C=O) groups is 1. The topological polar surface area (TPSA) is 112 Å². The number of aromatic nitrogens is 2. The predicted octanol–water partition coefficient (Wildman–Crippen LogP) is 4.99. The van der Waals surface area contributed by atoms with Gasteiger partial charge in [0, 0.05) is 30.7 Å². The summed E-state index contributed by atoms with van der Waals surface area (Å²) >= 11 is 0. The summed E-state index contributed by atoms with van der Waals surface area (Å²) in [7, 11) is 0. The van der Waals surface area contributed by atoms with E-state index in [0.717, 1.165) is 11.1 Å². The van der Waals surface area contributed by atoms with Crippen molar-refractivity contribution in [3.05, 3.63) is 112 Å². The van der Waals surface area contributed by atoms with Crippen LogP contribution in [0.3, 0.4) is 0 Å². The highest BCUT2D eigenvalue weighted by atomic mass is 16.6. The van der Waals surface area contributed by atoms with Crippen LogP contribution in [0.5, 0.6) is 0 Å². The maximum Gasteiger partial charge on any atom is 0.269 e. The molecule has 0 radical (unpaired) electrons. The van der Waals surface area contributed by atoms with Crippen LogP contribution < -0.4 is 0 Å². The number of nitro benzene ring substituents is 1. The van der Waals surface area contributed by atoms with Crippen LogP contribution in [-0.2, 0) is 22.6 Å². The van der Waals surface area contributed by atoms with Crippen molar-refractivity contribution in [1.82, 2.24) is 15.0 Å². The number of hydrogen-bond acceptors (Lipinski definition) is 7. The van der Waals surface area contributed by atoms with E-state index in [-0.39, 0.29) is 24.2 Å². The fourth-order valence-corrected chi connectivity index (χ4v) is 3.78. The number of benzene rings is 3. The minimum Gasteiger partial charge on any atom is -0.367 e. The number of non-ortho nitro benzene ring substituents is 1. The van der Waals surface area contributed by atoms with E-state index in [2.05, 4.69) is 10.1 Å². The molecule has 184 valence electrons. The van der Waals surface area contributed by atoms with Gasteiger partial charge in [-0.15, -0.1) is 0 Å². The first-order valence-corrected chi connectivity index (χ1v) is 11.5. The average molecular weight is 487 g/mol. The van der Waals surface area contributed by atoms with Gasteiger partial charge in [0.05, 0.1) is 17.6 Å². The highest BCUT2D eigenvalue weighted by Crippen LogP contribution is 2.22. The fraction of sp³-hybridized carbons (Fsp3) is 0.222. The van der Waals surface area contributed by atoms with Crippen molar-refractivity contribution in [3.63, 3.8) is 0 Å². The van der Waals surface area contributed by atoms with Crippen LogP contribution in [0, 0.1) is 10.1 Å². The van der Waals surface area contributed by atoms with Gasteiger partial charge in [-0.1, -0.05) is 65.8 Å². The highest BCUT2D eigenvalue weighted by molar-refractivity contribution is 5.78. The molecule has 0 fully saturated rings. The number of ether oxygens (including phenoxy) is 1. The van der Waals surface area contributed by atoms with Gasteiger partial charge in [-0.05, 0) is 30.2 Å². The summed E-state index contributed by atoms with van der Waals surface area (Å²) in [4.78, 5) is 29.7. The van der Waals surface area contributed by atoms with Gasteiger partial charge in [0.25, 0.3) is 5.69 Å². The maximum absolute atomic E-state index is 13.2. The molecule has 9 nitrogen and oxygen atoms in total. The fourth-order valence-electron chi connectivity index (χ4n) is 3.78. The standard InChI is InChI=1S/C27H26N4O5/c1-20(22-10-6-3-7-11-22)30(26(32)19-35-18-21-8-4-2-5-9-21)17-16-25-28-27(29-36-25)23-12-14-24(15-13-23)31(33)34/h2-15,20H,16-19H2,1H3. The summed E-state index contributed by atoms with van der Waals surface area (Å²) in [5.41, 5.74) is 2.60. The Morgan fingerprint density at radius 1 is 1.03 bits per heavy atom. The summed E-state index contributed by atoms with van der Waals surface area (Å²) in [5, 5.41) is 14.9. The summed E-state index contributed by atoms with van der Waals surface area (Å²) in [6, 6.07) is 25.2. The molecule has 0 spiro atoms. The lowest BCUT2D eigenvalue weighted by molar-refractivity contribution is -0.384. The first-order chi connectivity index (χ1) is 17.5. The number of rotatable bonds is 11. The number of nitrogens with zero attached hydrogens (tertiary/aromatic N) is 4. The Hall–Kier alpha value is -4.37. The van der Waals surface area contributed by atoms with Crippen molar-refractivity contribution >= 4 is 11.6 Å². The maximum atomic E-state index is 13.2. The van der Waals surface area contributed by atoms with E-state index in [0.29, 0.717) is 36.9 Å². The Morgan fingerprint density at radius 2 is 1.69 bits per heavy atom. The van der Waals surface area contributed by atoms with Gasteiger partial charge in [0.15, 0.2) is 0 Å². The van der Waals surface area contributed by atoms with Crippen LogP contribution in [0.1, 0.15) is 30.0 Å². The number of amides is 1. The molecule has 9 heteroatoms. The zero-order chi connectivity index (χ0) is 25.3. The van der Waals surface area contributed by atoms with Crippen LogP contribution in [0.2, 0.25) is 0 Å². The van der Waals surface area contributed by atoms with E-state index >= 15 is 0 Å². The van der Waals surface area contributed by atoms with Gasteiger partial charge in [0.1, 0.15) is 6.61 Å². The van der Waals surface area contributed by atoms with Crippen molar-refractivity contribution < 1.29 is 19.0 Å². The highest BCUT2D eigenvalue weighted by Gasteiger charge is 2.23. The third-order valence-corrected chi connectivity index (χ3v) is 5.78. The van der Waals surface area contributed by atoms with E-state index < -0.39 is 4.92 Å². The molecule has 0 saturated carbocycles. The summed E-state index contributed by atoms with van der Waals surface area (Å²) in [5.74, 6) is 0.559. The second-order valence-corrected chi connectivity index (χ2v) is 8.22. The molecule has 0 aliphatic rings. The molecule has 4 aromatic rings. The normalized spacial score (nSPS) is 11.7. The Bertz CT molecular complexity index is 1280. The zero-order valence-electron chi connectivity index (χ0n) is 19.8. The minimum atomic E-state index is -0.464. The Kier molecular flexibility index (Phi) is 8.15. The van der Waals surface area contributed by atoms with Crippen molar-refractivity contribution in [1.29, 1.82) is 0 Å². The molecule has 4 rings (SSSR count). The largest absolute Gasteiger partial charge is 0.367 e. The summed E-state index contributed by atoms with van der Waals surface area (Å²) in [6.45, 7) is 2.62. The monoisotopic (exact) mass is 486 g/mol. The lowest BCUT2D eigenvalue weighted by atomic mass is 10.1. The van der Waals surface area contributed by atoms with Gasteiger partial charge in [-0.2, -0.15) is 4.98 Å². The van der Waals surface area contributed by atoms with Gasteiger partial charge < -0.3 is 14.2 Å². The summed E-state index contributed by atoms with van der Waals surface area (Å²) < 4.78 is 11.1. The molecular weight excluding hydrogens is 460 g/mol. The molecule has 1 atom stereocenters. The Morgan fingerprint density at radius 3 is 2.36 bits per heavy atom. The third kappa shape index (κ3) is 6.39. The van der Waals surface area contributed by atoms with Crippen molar-refractivity contribution in [2.75, 3.05) is 13.2 Å². The van der Waals surface area contributed by atoms with Gasteiger partial charge >= 0.3 is 0 Å². The van der Waals surface area contributed by atoms with Crippen molar-refractivity contribution in [2.24, 2.45) is 0 Å². The number of nitro groups is 1. The van der Waals surface area contributed by atoms with Crippen LogP contribution >= 0.6 is 0 Å². The Balaban J connectivity index is 1.42. The van der Waals surface area contributed by atoms with Gasteiger partial charge in [-0.25, -0.2) is 0 Å². The Labute approximate surface area is 208 Å². The second kappa shape index (κ2) is 11.9. The van der Waals surface area contributed by atoms with E-state index in [1.54, 1.807) is 17.0 Å². The number of carbonyl (C=O) groups excluding carboxylic acids is 1. The van der Waals surface area contributed by atoms with Crippen LogP contribution in [0.15, 0.2) is 89.5 Å². The molecule has 1 heterocycles. The van der Waals surface area contributed by atoms with Crippen molar-refractivity contribution in [2.45, 2.75) is 26.0 Å². The van der Waals surface area contributed by atoms with Crippen LogP contribution in [-0.4, -0.2) is 39.0 Å². The van der Waals surface area contributed by atoms with E-state index in [4.69, 9.17) is 9.26 Å². The van der Waals surface area contributed by atoms with E-state index in [1.807, 2.05) is 67.6 Å². The zero-order valence-corrected chi connectivity index (χ0v) is 19.8.